The molecule has 1 amide bonds. The summed E-state index contributed by atoms with van der Waals surface area (Å²) in [5, 5.41) is 9.11. The van der Waals surface area contributed by atoms with Gasteiger partial charge >= 0.3 is 5.97 Å². The van der Waals surface area contributed by atoms with E-state index in [0.29, 0.717) is 13.0 Å². The van der Waals surface area contributed by atoms with E-state index in [1.165, 1.54) is 11.0 Å². The fourth-order valence-corrected chi connectivity index (χ4v) is 2.99. The second kappa shape index (κ2) is 6.01. The van der Waals surface area contributed by atoms with Crippen LogP contribution in [-0.4, -0.2) is 40.7 Å². The Balaban J connectivity index is 1.93. The van der Waals surface area contributed by atoms with Crippen LogP contribution < -0.4 is 0 Å². The molecule has 4 nitrogen and oxygen atoms in total. The zero-order valence-electron chi connectivity index (χ0n) is 11.4. The van der Waals surface area contributed by atoms with Crippen molar-refractivity contribution in [3.05, 3.63) is 29.8 Å². The lowest BCUT2D eigenvalue weighted by molar-refractivity contribution is -0.147. The number of nitrogens with zero attached hydrogens (tertiary/aromatic N) is 1. The summed E-state index contributed by atoms with van der Waals surface area (Å²) in [6.07, 6.45) is 0.406. The van der Waals surface area contributed by atoms with Crippen molar-refractivity contribution < 1.29 is 23.5 Å². The summed E-state index contributed by atoms with van der Waals surface area (Å²) in [5.41, 5.74) is -0.915. The molecule has 0 spiro atoms. The minimum atomic E-state index is -0.921. The highest BCUT2D eigenvalue weighted by molar-refractivity contribution is 8.00. The van der Waals surface area contributed by atoms with Gasteiger partial charge < -0.3 is 10.0 Å². The topological polar surface area (TPSA) is 57.6 Å². The number of aliphatic carboxylic acids is 1. The van der Waals surface area contributed by atoms with Crippen LogP contribution in [0, 0.1) is 17.0 Å². The summed E-state index contributed by atoms with van der Waals surface area (Å²) < 4.78 is 26.2. The molecule has 21 heavy (non-hydrogen) atoms. The zero-order chi connectivity index (χ0) is 15.6. The van der Waals surface area contributed by atoms with Crippen molar-refractivity contribution in [3.8, 4) is 0 Å². The van der Waals surface area contributed by atoms with E-state index in [1.807, 2.05) is 0 Å². The maximum absolute atomic E-state index is 13.4. The van der Waals surface area contributed by atoms with E-state index in [0.717, 1.165) is 23.9 Å². The van der Waals surface area contributed by atoms with Crippen LogP contribution in [0.1, 0.15) is 13.3 Å². The summed E-state index contributed by atoms with van der Waals surface area (Å²) in [5.74, 6) is -2.54. The number of rotatable bonds is 4. The standard InChI is InChI=1S/C14H15F2NO3S/c1-14(13(19)20)4-5-17(8-14)12(18)7-21-11-3-2-9(15)6-10(11)16/h2-3,6H,4-5,7-8H2,1H3,(H,19,20). The molecule has 1 aliphatic rings. The minimum absolute atomic E-state index is 0.00173. The molecule has 0 bridgehead atoms. The number of carbonyl (C=O) groups excluding carboxylic acids is 1. The van der Waals surface area contributed by atoms with Gasteiger partial charge in [0.05, 0.1) is 11.2 Å². The van der Waals surface area contributed by atoms with Crippen LogP contribution in [0.2, 0.25) is 0 Å². The number of halogens is 2. The van der Waals surface area contributed by atoms with Gasteiger partial charge in [-0.1, -0.05) is 0 Å². The molecule has 1 aromatic carbocycles. The Kier molecular flexibility index (Phi) is 4.51. The average molecular weight is 315 g/mol. The van der Waals surface area contributed by atoms with Crippen molar-refractivity contribution in [3.63, 3.8) is 0 Å². The summed E-state index contributed by atoms with van der Waals surface area (Å²) in [4.78, 5) is 24.8. The summed E-state index contributed by atoms with van der Waals surface area (Å²) in [6.45, 7) is 2.15. The molecular weight excluding hydrogens is 300 g/mol. The number of hydrogen-bond acceptors (Lipinski definition) is 3. The van der Waals surface area contributed by atoms with E-state index < -0.39 is 23.0 Å². The van der Waals surface area contributed by atoms with Gasteiger partial charge in [0.25, 0.3) is 0 Å². The first kappa shape index (κ1) is 15.8. The van der Waals surface area contributed by atoms with Crippen LogP contribution >= 0.6 is 11.8 Å². The van der Waals surface area contributed by atoms with Crippen molar-refractivity contribution in [1.82, 2.24) is 4.90 Å². The number of benzene rings is 1. The SMILES string of the molecule is CC1(C(=O)O)CCN(C(=O)CSc2ccc(F)cc2F)C1. The number of carbonyl (C=O) groups is 2. The molecule has 1 unspecified atom stereocenters. The smallest absolute Gasteiger partial charge is 0.311 e. The monoisotopic (exact) mass is 315 g/mol. The highest BCUT2D eigenvalue weighted by atomic mass is 32.2. The number of carboxylic acids is 1. The van der Waals surface area contributed by atoms with Crippen LogP contribution in [-0.2, 0) is 9.59 Å². The minimum Gasteiger partial charge on any atom is -0.481 e. The largest absolute Gasteiger partial charge is 0.481 e. The maximum Gasteiger partial charge on any atom is 0.311 e. The molecule has 1 fully saturated rings. The number of carboxylic acid groups (broad SMARTS) is 1. The van der Waals surface area contributed by atoms with Crippen molar-refractivity contribution in [2.75, 3.05) is 18.8 Å². The van der Waals surface area contributed by atoms with Crippen molar-refractivity contribution in [2.24, 2.45) is 5.41 Å². The number of amides is 1. The first-order chi connectivity index (χ1) is 9.82. The molecule has 1 atom stereocenters. The molecule has 114 valence electrons. The number of likely N-dealkylation sites (tertiary alicyclic amines) is 1. The predicted molar refractivity (Wildman–Crippen MR) is 74.0 cm³/mol. The fraction of sp³-hybridized carbons (Fsp3) is 0.429. The second-order valence-electron chi connectivity index (χ2n) is 5.29. The molecule has 1 saturated heterocycles. The van der Waals surface area contributed by atoms with Crippen LogP contribution in [0.4, 0.5) is 8.78 Å². The first-order valence-corrected chi connectivity index (χ1v) is 7.39. The third-order valence-electron chi connectivity index (χ3n) is 3.59. The molecule has 1 aromatic rings. The lowest BCUT2D eigenvalue weighted by Crippen LogP contribution is -2.35. The molecule has 0 radical (unpaired) electrons. The van der Waals surface area contributed by atoms with Crippen molar-refractivity contribution in [2.45, 2.75) is 18.2 Å². The molecule has 1 aliphatic heterocycles. The van der Waals surface area contributed by atoms with E-state index in [4.69, 9.17) is 5.11 Å². The Bertz CT molecular complexity index is 581. The van der Waals surface area contributed by atoms with Gasteiger partial charge in [0, 0.05) is 24.1 Å². The molecule has 0 aliphatic carbocycles. The van der Waals surface area contributed by atoms with E-state index in [-0.39, 0.29) is 23.1 Å². The third kappa shape index (κ3) is 3.53. The second-order valence-corrected chi connectivity index (χ2v) is 6.31. The van der Waals surface area contributed by atoms with Crippen LogP contribution in [0.25, 0.3) is 0 Å². The molecule has 0 saturated carbocycles. The van der Waals surface area contributed by atoms with E-state index >= 15 is 0 Å². The van der Waals surface area contributed by atoms with Gasteiger partial charge in [-0.3, -0.25) is 9.59 Å². The summed E-state index contributed by atoms with van der Waals surface area (Å²) in [7, 11) is 0. The van der Waals surface area contributed by atoms with Crippen molar-refractivity contribution >= 4 is 23.6 Å². The fourth-order valence-electron chi connectivity index (χ4n) is 2.17. The molecule has 1 N–H and O–H groups in total. The van der Waals surface area contributed by atoms with Gasteiger partial charge in [-0.2, -0.15) is 0 Å². The third-order valence-corrected chi connectivity index (χ3v) is 4.62. The maximum atomic E-state index is 13.4. The van der Waals surface area contributed by atoms with Gasteiger partial charge in [0.1, 0.15) is 11.6 Å². The number of thioether (sulfide) groups is 1. The lowest BCUT2D eigenvalue weighted by Gasteiger charge is -2.20. The Hall–Kier alpha value is -1.63. The van der Waals surface area contributed by atoms with Crippen molar-refractivity contribution in [1.29, 1.82) is 0 Å². The molecule has 2 rings (SSSR count). The quantitative estimate of drug-likeness (QED) is 0.867. The predicted octanol–water partition coefficient (Wildman–Crippen LogP) is 2.38. The normalized spacial score (nSPS) is 21.6. The van der Waals surface area contributed by atoms with Crippen LogP contribution in [0.3, 0.4) is 0 Å². The van der Waals surface area contributed by atoms with Gasteiger partial charge in [-0.25, -0.2) is 8.78 Å². The average Bonchev–Trinajstić information content (AvgIpc) is 2.82. The van der Waals surface area contributed by atoms with Gasteiger partial charge in [-0.15, -0.1) is 11.8 Å². The lowest BCUT2D eigenvalue weighted by atomic mass is 9.90. The van der Waals surface area contributed by atoms with Gasteiger partial charge in [0.15, 0.2) is 0 Å². The number of hydrogen-bond donors (Lipinski definition) is 1. The van der Waals surface area contributed by atoms with E-state index in [2.05, 4.69) is 0 Å². The highest BCUT2D eigenvalue weighted by Crippen LogP contribution is 2.31. The van der Waals surface area contributed by atoms with E-state index in [9.17, 15) is 18.4 Å². The Labute approximate surface area is 125 Å². The summed E-state index contributed by atoms with van der Waals surface area (Å²) >= 11 is 0.979. The summed E-state index contributed by atoms with van der Waals surface area (Å²) in [6, 6.07) is 3.19. The van der Waals surface area contributed by atoms with Crippen LogP contribution in [0.5, 0.6) is 0 Å². The highest BCUT2D eigenvalue weighted by Gasteiger charge is 2.41. The Morgan fingerprint density at radius 3 is 2.71 bits per heavy atom. The first-order valence-electron chi connectivity index (χ1n) is 6.41. The van der Waals surface area contributed by atoms with E-state index in [1.54, 1.807) is 6.92 Å². The molecule has 1 heterocycles. The Morgan fingerprint density at radius 2 is 2.14 bits per heavy atom. The molecule has 7 heteroatoms. The van der Waals surface area contributed by atoms with Gasteiger partial charge in [0.2, 0.25) is 5.91 Å². The molecular formula is C14H15F2NO3S. The Morgan fingerprint density at radius 1 is 1.43 bits per heavy atom. The van der Waals surface area contributed by atoms with Gasteiger partial charge in [-0.05, 0) is 25.5 Å². The molecule has 0 aromatic heterocycles. The zero-order valence-corrected chi connectivity index (χ0v) is 12.3. The van der Waals surface area contributed by atoms with Crippen LogP contribution in [0.15, 0.2) is 23.1 Å².